The van der Waals surface area contributed by atoms with Crippen LogP contribution in [0.25, 0.3) is 0 Å². The van der Waals surface area contributed by atoms with Gasteiger partial charge < -0.3 is 14.7 Å². The van der Waals surface area contributed by atoms with E-state index in [0.717, 1.165) is 18.4 Å². The fourth-order valence-corrected chi connectivity index (χ4v) is 3.42. The Morgan fingerprint density at radius 1 is 1.27 bits per heavy atom. The number of benzene rings is 1. The third kappa shape index (κ3) is 4.07. The summed E-state index contributed by atoms with van der Waals surface area (Å²) in [6.07, 6.45) is 1.66. The zero-order valence-electron chi connectivity index (χ0n) is 14.9. The van der Waals surface area contributed by atoms with Crippen molar-refractivity contribution in [1.82, 2.24) is 15.4 Å². The van der Waals surface area contributed by atoms with Crippen molar-refractivity contribution in [3.05, 3.63) is 51.9 Å². The van der Waals surface area contributed by atoms with Crippen molar-refractivity contribution in [2.24, 2.45) is 0 Å². The minimum Gasteiger partial charge on any atom is -0.349 e. The first-order chi connectivity index (χ1) is 12.5. The minimum absolute atomic E-state index is 0.00174. The number of hydrogen-bond donors (Lipinski definition) is 1. The molecular formula is C19H22ClN3O3. The van der Waals surface area contributed by atoms with Crippen molar-refractivity contribution < 1.29 is 14.1 Å². The van der Waals surface area contributed by atoms with Gasteiger partial charge in [0.05, 0.1) is 12.1 Å². The standard InChI is InChI=1S/C19H22ClN3O3/c1-12-5-3-4-6-15(12)19(25)21-14-7-9-23(10-8-14)17(24)11-16-13(2)22-26-18(16)20/h3-6,14H,7-11H2,1-2H3,(H,21,25). The van der Waals surface area contributed by atoms with E-state index in [1.165, 1.54) is 0 Å². The van der Waals surface area contributed by atoms with E-state index in [1.807, 2.05) is 31.2 Å². The maximum absolute atomic E-state index is 12.5. The van der Waals surface area contributed by atoms with E-state index < -0.39 is 0 Å². The molecule has 3 rings (SSSR count). The summed E-state index contributed by atoms with van der Waals surface area (Å²) < 4.78 is 4.89. The maximum Gasteiger partial charge on any atom is 0.251 e. The van der Waals surface area contributed by atoms with Crippen LogP contribution in [0.1, 0.15) is 40.0 Å². The fourth-order valence-electron chi connectivity index (χ4n) is 3.19. The topological polar surface area (TPSA) is 75.4 Å². The van der Waals surface area contributed by atoms with Crippen LogP contribution >= 0.6 is 11.6 Å². The molecule has 1 fully saturated rings. The predicted molar refractivity (Wildman–Crippen MR) is 98.2 cm³/mol. The second kappa shape index (κ2) is 7.91. The molecule has 1 saturated heterocycles. The van der Waals surface area contributed by atoms with Gasteiger partial charge in [0.25, 0.3) is 5.91 Å². The molecule has 2 heterocycles. The molecule has 1 aliphatic heterocycles. The maximum atomic E-state index is 12.5. The van der Waals surface area contributed by atoms with Gasteiger partial charge in [0.2, 0.25) is 11.1 Å². The number of nitrogens with one attached hydrogen (secondary N) is 1. The van der Waals surface area contributed by atoms with Gasteiger partial charge in [-0.05, 0) is 49.9 Å². The minimum atomic E-state index is -0.0558. The average molecular weight is 376 g/mol. The van der Waals surface area contributed by atoms with Gasteiger partial charge in [-0.15, -0.1) is 0 Å². The zero-order chi connectivity index (χ0) is 18.7. The lowest BCUT2D eigenvalue weighted by atomic mass is 10.0. The summed E-state index contributed by atoms with van der Waals surface area (Å²) in [5.74, 6) is -0.0540. The first-order valence-electron chi connectivity index (χ1n) is 8.70. The number of halogens is 1. The molecule has 2 amide bonds. The second-order valence-corrected chi connectivity index (χ2v) is 6.98. The van der Waals surface area contributed by atoms with Gasteiger partial charge in [-0.3, -0.25) is 9.59 Å². The Morgan fingerprint density at radius 2 is 1.96 bits per heavy atom. The molecule has 0 spiro atoms. The summed E-state index contributed by atoms with van der Waals surface area (Å²) in [4.78, 5) is 26.7. The first-order valence-corrected chi connectivity index (χ1v) is 9.08. The molecule has 1 aromatic heterocycles. The highest BCUT2D eigenvalue weighted by molar-refractivity contribution is 6.29. The molecule has 26 heavy (non-hydrogen) atoms. The Kier molecular flexibility index (Phi) is 5.61. The fraction of sp³-hybridized carbons (Fsp3) is 0.421. The number of likely N-dealkylation sites (tertiary alicyclic amines) is 1. The average Bonchev–Trinajstić information content (AvgIpc) is 2.94. The molecule has 0 atom stereocenters. The normalized spacial score (nSPS) is 15.1. The van der Waals surface area contributed by atoms with Crippen LogP contribution in [0.5, 0.6) is 0 Å². The summed E-state index contributed by atoms with van der Waals surface area (Å²) >= 11 is 5.93. The monoisotopic (exact) mass is 375 g/mol. The Balaban J connectivity index is 1.52. The summed E-state index contributed by atoms with van der Waals surface area (Å²) in [6, 6.07) is 7.61. The van der Waals surface area contributed by atoms with Crippen LogP contribution in [0.15, 0.2) is 28.8 Å². The summed E-state index contributed by atoms with van der Waals surface area (Å²) in [5, 5.41) is 7.02. The molecule has 1 aromatic carbocycles. The van der Waals surface area contributed by atoms with Gasteiger partial charge in [-0.1, -0.05) is 23.4 Å². The van der Waals surface area contributed by atoms with Crippen molar-refractivity contribution >= 4 is 23.4 Å². The molecule has 0 bridgehead atoms. The van der Waals surface area contributed by atoms with Crippen molar-refractivity contribution in [1.29, 1.82) is 0 Å². The second-order valence-electron chi connectivity index (χ2n) is 6.64. The zero-order valence-corrected chi connectivity index (χ0v) is 15.7. The molecule has 0 radical (unpaired) electrons. The quantitative estimate of drug-likeness (QED) is 0.891. The highest BCUT2D eigenvalue weighted by atomic mass is 35.5. The summed E-state index contributed by atoms with van der Waals surface area (Å²) in [6.45, 7) is 4.92. The van der Waals surface area contributed by atoms with Gasteiger partial charge in [0, 0.05) is 30.3 Å². The van der Waals surface area contributed by atoms with Crippen LogP contribution in [0.2, 0.25) is 5.22 Å². The van der Waals surface area contributed by atoms with Crippen molar-refractivity contribution in [3.63, 3.8) is 0 Å². The lowest BCUT2D eigenvalue weighted by Crippen LogP contribution is -2.47. The predicted octanol–water partition coefficient (Wildman–Crippen LogP) is 2.91. The number of amides is 2. The van der Waals surface area contributed by atoms with E-state index in [1.54, 1.807) is 11.8 Å². The number of carbonyl (C=O) groups is 2. The lowest BCUT2D eigenvalue weighted by Gasteiger charge is -2.32. The first kappa shape index (κ1) is 18.5. The van der Waals surface area contributed by atoms with E-state index in [4.69, 9.17) is 16.1 Å². The number of aromatic nitrogens is 1. The number of piperidine rings is 1. The molecule has 0 saturated carbocycles. The Labute approximate surface area is 157 Å². The van der Waals surface area contributed by atoms with Crippen molar-refractivity contribution in [2.75, 3.05) is 13.1 Å². The van der Waals surface area contributed by atoms with Crippen LogP contribution in [-0.4, -0.2) is 41.0 Å². The summed E-state index contributed by atoms with van der Waals surface area (Å²) in [5.41, 5.74) is 2.94. The van der Waals surface area contributed by atoms with E-state index in [-0.39, 0.29) is 29.5 Å². The van der Waals surface area contributed by atoms with Gasteiger partial charge >= 0.3 is 0 Å². The Morgan fingerprint density at radius 3 is 2.58 bits per heavy atom. The van der Waals surface area contributed by atoms with Crippen LogP contribution < -0.4 is 5.32 Å². The van der Waals surface area contributed by atoms with E-state index in [2.05, 4.69) is 10.5 Å². The molecule has 7 heteroatoms. The van der Waals surface area contributed by atoms with E-state index in [0.29, 0.717) is 29.9 Å². The van der Waals surface area contributed by atoms with E-state index >= 15 is 0 Å². The van der Waals surface area contributed by atoms with Crippen molar-refractivity contribution in [3.8, 4) is 0 Å². The number of aryl methyl sites for hydroxylation is 2. The van der Waals surface area contributed by atoms with E-state index in [9.17, 15) is 9.59 Å². The SMILES string of the molecule is Cc1ccccc1C(=O)NC1CCN(C(=O)Cc2c(C)noc2Cl)CC1. The lowest BCUT2D eigenvalue weighted by molar-refractivity contribution is -0.131. The molecule has 0 aliphatic carbocycles. The summed E-state index contributed by atoms with van der Waals surface area (Å²) in [7, 11) is 0. The van der Waals surface area contributed by atoms with Crippen LogP contribution in [0.3, 0.4) is 0 Å². The molecular weight excluding hydrogens is 354 g/mol. The van der Waals surface area contributed by atoms with Gasteiger partial charge in [0.15, 0.2) is 0 Å². The highest BCUT2D eigenvalue weighted by Crippen LogP contribution is 2.21. The third-order valence-electron chi connectivity index (χ3n) is 4.84. The molecule has 6 nitrogen and oxygen atoms in total. The number of carbonyl (C=O) groups excluding carboxylic acids is 2. The Hall–Kier alpha value is -2.34. The van der Waals surface area contributed by atoms with Crippen LogP contribution in [0.4, 0.5) is 0 Å². The van der Waals surface area contributed by atoms with Gasteiger partial charge in [-0.2, -0.15) is 0 Å². The number of rotatable bonds is 4. The Bertz CT molecular complexity index is 791. The van der Waals surface area contributed by atoms with Gasteiger partial charge in [0.1, 0.15) is 0 Å². The number of nitrogens with zero attached hydrogens (tertiary/aromatic N) is 2. The third-order valence-corrected chi connectivity index (χ3v) is 5.13. The van der Waals surface area contributed by atoms with Crippen LogP contribution in [0, 0.1) is 13.8 Å². The smallest absolute Gasteiger partial charge is 0.251 e. The highest BCUT2D eigenvalue weighted by Gasteiger charge is 2.26. The molecule has 0 unspecified atom stereocenters. The largest absolute Gasteiger partial charge is 0.349 e. The number of hydrogen-bond acceptors (Lipinski definition) is 4. The molecule has 1 aliphatic rings. The molecule has 1 N–H and O–H groups in total. The van der Waals surface area contributed by atoms with Gasteiger partial charge in [-0.25, -0.2) is 0 Å². The van der Waals surface area contributed by atoms with Crippen LogP contribution in [-0.2, 0) is 11.2 Å². The molecule has 2 aromatic rings. The van der Waals surface area contributed by atoms with Crippen molar-refractivity contribution in [2.45, 2.75) is 39.2 Å². The molecule has 138 valence electrons.